The zero-order valence-electron chi connectivity index (χ0n) is 12.0. The molecule has 0 aliphatic rings. The fourth-order valence-electron chi connectivity index (χ4n) is 1.55. The Balaban J connectivity index is 2.46. The van der Waals surface area contributed by atoms with Crippen LogP contribution < -0.4 is 15.8 Å². The molecule has 0 fully saturated rings. The van der Waals surface area contributed by atoms with Gasteiger partial charge in [-0.1, -0.05) is 19.4 Å². The number of rotatable bonds is 8. The van der Waals surface area contributed by atoms with Gasteiger partial charge in [0.2, 0.25) is 0 Å². The summed E-state index contributed by atoms with van der Waals surface area (Å²) in [5, 5.41) is 12.0. The Morgan fingerprint density at radius 3 is 2.86 bits per heavy atom. The monoisotopic (exact) mass is 295 g/mol. The highest BCUT2D eigenvalue weighted by molar-refractivity contribution is 5.94. The van der Waals surface area contributed by atoms with Gasteiger partial charge in [0, 0.05) is 12.1 Å². The van der Waals surface area contributed by atoms with Crippen LogP contribution >= 0.6 is 0 Å². The lowest BCUT2D eigenvalue weighted by Crippen LogP contribution is -2.39. The molecule has 0 radical (unpaired) electrons. The number of nitrogens with zero attached hydrogens (tertiary/aromatic N) is 1. The number of hydrogen-bond acceptors (Lipinski definition) is 4. The van der Waals surface area contributed by atoms with Gasteiger partial charge in [-0.15, -0.1) is 0 Å². The Bertz CT molecular complexity index is 479. The summed E-state index contributed by atoms with van der Waals surface area (Å²) in [6, 6.07) is 5.87. The zero-order chi connectivity index (χ0) is 15.7. The third-order valence-electron chi connectivity index (χ3n) is 2.73. The van der Waals surface area contributed by atoms with Gasteiger partial charge in [0.05, 0.1) is 13.2 Å². The van der Waals surface area contributed by atoms with Crippen LogP contribution in [-0.4, -0.2) is 41.9 Å². The minimum absolute atomic E-state index is 0.0756. The van der Waals surface area contributed by atoms with Gasteiger partial charge in [-0.25, -0.2) is 9.86 Å². The number of ether oxygens (including phenoxy) is 1. The van der Waals surface area contributed by atoms with Gasteiger partial charge in [-0.3, -0.25) is 10.0 Å². The van der Waals surface area contributed by atoms with E-state index < -0.39 is 6.03 Å². The lowest BCUT2D eigenvalue weighted by Gasteiger charge is -2.12. The number of urea groups is 1. The summed E-state index contributed by atoms with van der Waals surface area (Å²) in [5.74, 6) is 0.325. The Morgan fingerprint density at radius 2 is 2.19 bits per heavy atom. The molecule has 1 rings (SSSR count). The van der Waals surface area contributed by atoms with Gasteiger partial charge >= 0.3 is 6.03 Å². The molecule has 0 heterocycles. The molecule has 0 saturated heterocycles. The molecule has 21 heavy (non-hydrogen) atoms. The second-order valence-corrected chi connectivity index (χ2v) is 4.45. The average molecular weight is 295 g/mol. The summed E-state index contributed by atoms with van der Waals surface area (Å²) in [7, 11) is 0. The molecule has 7 nitrogen and oxygen atoms in total. The van der Waals surface area contributed by atoms with Crippen LogP contribution in [-0.2, 0) is 0 Å². The fraction of sp³-hybridized carbons (Fsp3) is 0.429. The van der Waals surface area contributed by atoms with Crippen molar-refractivity contribution >= 4 is 11.9 Å². The predicted octanol–water partition coefficient (Wildman–Crippen LogP) is 1.37. The average Bonchev–Trinajstić information content (AvgIpc) is 2.47. The van der Waals surface area contributed by atoms with E-state index in [1.165, 1.54) is 0 Å². The number of hydroxylamine groups is 2. The first-order valence-electron chi connectivity index (χ1n) is 6.81. The van der Waals surface area contributed by atoms with E-state index in [9.17, 15) is 9.59 Å². The van der Waals surface area contributed by atoms with Crippen molar-refractivity contribution in [3.63, 3.8) is 0 Å². The predicted molar refractivity (Wildman–Crippen MR) is 77.3 cm³/mol. The lowest BCUT2D eigenvalue weighted by atomic mass is 10.2. The van der Waals surface area contributed by atoms with Crippen molar-refractivity contribution in [2.45, 2.75) is 19.8 Å². The van der Waals surface area contributed by atoms with E-state index in [2.05, 4.69) is 12.2 Å². The Labute approximate surface area is 123 Å². The van der Waals surface area contributed by atoms with Gasteiger partial charge in [0.1, 0.15) is 5.75 Å². The molecule has 7 heteroatoms. The maximum Gasteiger partial charge on any atom is 0.338 e. The topological polar surface area (TPSA) is 105 Å². The summed E-state index contributed by atoms with van der Waals surface area (Å²) in [6.07, 6.45) is 1.99. The zero-order valence-corrected chi connectivity index (χ0v) is 12.0. The highest BCUT2D eigenvalue weighted by Crippen LogP contribution is 2.13. The van der Waals surface area contributed by atoms with Crippen LogP contribution in [0.25, 0.3) is 0 Å². The molecule has 0 aliphatic heterocycles. The first kappa shape index (κ1) is 16.8. The number of amides is 3. The van der Waals surface area contributed by atoms with Gasteiger partial charge in [0.25, 0.3) is 5.91 Å². The van der Waals surface area contributed by atoms with Crippen molar-refractivity contribution in [2.75, 3.05) is 19.7 Å². The number of nitrogens with one attached hydrogen (secondary N) is 1. The smallest absolute Gasteiger partial charge is 0.338 e. The first-order chi connectivity index (χ1) is 10.0. The lowest BCUT2D eigenvalue weighted by molar-refractivity contribution is -0.0376. The molecule has 0 bridgehead atoms. The maximum atomic E-state index is 11.9. The van der Waals surface area contributed by atoms with Crippen molar-refractivity contribution in [1.29, 1.82) is 0 Å². The van der Waals surface area contributed by atoms with Crippen molar-refractivity contribution < 1.29 is 19.5 Å². The highest BCUT2D eigenvalue weighted by atomic mass is 16.5. The number of nitrogens with two attached hydrogens (primary N) is 1. The van der Waals surface area contributed by atoms with E-state index in [-0.39, 0.29) is 19.0 Å². The molecule has 1 aromatic rings. The molecular formula is C14H21N3O4. The largest absolute Gasteiger partial charge is 0.494 e. The molecule has 116 valence electrons. The molecule has 3 amide bonds. The van der Waals surface area contributed by atoms with Crippen LogP contribution in [0.1, 0.15) is 30.1 Å². The Hall–Kier alpha value is -2.28. The normalized spacial score (nSPS) is 10.0. The minimum Gasteiger partial charge on any atom is -0.494 e. The van der Waals surface area contributed by atoms with Crippen molar-refractivity contribution in [1.82, 2.24) is 10.4 Å². The highest BCUT2D eigenvalue weighted by Gasteiger charge is 2.09. The number of benzene rings is 1. The van der Waals surface area contributed by atoms with Crippen LogP contribution in [0, 0.1) is 0 Å². The number of hydrogen-bond donors (Lipinski definition) is 3. The standard InChI is InChI=1S/C14H21N3O4/c1-2-3-9-21-12-6-4-5-11(10-12)13(18)16-7-8-17(20)14(15)19/h4-6,10,20H,2-3,7-9H2,1H3,(H2,15,19)(H,16,18). The van der Waals surface area contributed by atoms with Crippen LogP contribution in [0.3, 0.4) is 0 Å². The van der Waals surface area contributed by atoms with E-state index in [1.54, 1.807) is 24.3 Å². The Kier molecular flexibility index (Phi) is 7.03. The third kappa shape index (κ3) is 6.13. The van der Waals surface area contributed by atoms with Gasteiger partial charge in [0.15, 0.2) is 0 Å². The minimum atomic E-state index is -0.962. The third-order valence-corrected chi connectivity index (χ3v) is 2.73. The van der Waals surface area contributed by atoms with E-state index in [0.717, 1.165) is 12.8 Å². The maximum absolute atomic E-state index is 11.9. The molecule has 0 unspecified atom stereocenters. The molecule has 0 aromatic heterocycles. The molecular weight excluding hydrogens is 274 g/mol. The van der Waals surface area contributed by atoms with E-state index in [4.69, 9.17) is 15.7 Å². The van der Waals surface area contributed by atoms with Crippen molar-refractivity contribution in [3.8, 4) is 5.75 Å². The van der Waals surface area contributed by atoms with Gasteiger partial charge in [-0.05, 0) is 24.6 Å². The first-order valence-corrected chi connectivity index (χ1v) is 6.81. The second kappa shape index (κ2) is 8.80. The molecule has 0 spiro atoms. The number of carbonyl (C=O) groups is 2. The van der Waals surface area contributed by atoms with E-state index >= 15 is 0 Å². The number of unbranched alkanes of at least 4 members (excludes halogenated alkanes) is 1. The fourth-order valence-corrected chi connectivity index (χ4v) is 1.55. The van der Waals surface area contributed by atoms with Crippen LogP contribution in [0.15, 0.2) is 24.3 Å². The molecule has 4 N–H and O–H groups in total. The van der Waals surface area contributed by atoms with E-state index in [1.807, 2.05) is 0 Å². The molecule has 1 aromatic carbocycles. The summed E-state index contributed by atoms with van der Waals surface area (Å²) >= 11 is 0. The number of carbonyl (C=O) groups excluding carboxylic acids is 2. The molecule has 0 saturated carbocycles. The Morgan fingerprint density at radius 1 is 1.43 bits per heavy atom. The van der Waals surface area contributed by atoms with Crippen LogP contribution in [0.5, 0.6) is 5.75 Å². The van der Waals surface area contributed by atoms with Gasteiger partial charge < -0.3 is 15.8 Å². The summed E-state index contributed by atoms with van der Waals surface area (Å²) in [6.45, 7) is 2.70. The number of primary amides is 1. The summed E-state index contributed by atoms with van der Waals surface area (Å²) in [4.78, 5) is 22.5. The summed E-state index contributed by atoms with van der Waals surface area (Å²) in [5.41, 5.74) is 5.30. The SMILES string of the molecule is CCCCOc1cccc(C(=O)NCCN(O)C(N)=O)c1. The molecule has 0 atom stereocenters. The van der Waals surface area contributed by atoms with Crippen molar-refractivity contribution in [3.05, 3.63) is 29.8 Å². The van der Waals surface area contributed by atoms with Gasteiger partial charge in [-0.2, -0.15) is 0 Å². The second-order valence-electron chi connectivity index (χ2n) is 4.45. The van der Waals surface area contributed by atoms with Crippen LogP contribution in [0.2, 0.25) is 0 Å². The van der Waals surface area contributed by atoms with Crippen LogP contribution in [0.4, 0.5) is 4.79 Å². The quantitative estimate of drug-likeness (QED) is 0.382. The van der Waals surface area contributed by atoms with Crippen molar-refractivity contribution in [2.24, 2.45) is 5.73 Å². The summed E-state index contributed by atoms with van der Waals surface area (Å²) < 4.78 is 5.52. The van der Waals surface area contributed by atoms with E-state index in [0.29, 0.717) is 23.0 Å². The molecule has 0 aliphatic carbocycles.